The van der Waals surface area contributed by atoms with Crippen LogP contribution in [0.5, 0.6) is 0 Å². The number of rotatable bonds is 6. The molecular weight excluding hydrogens is 304 g/mol. The van der Waals surface area contributed by atoms with Crippen molar-refractivity contribution in [2.75, 3.05) is 33.4 Å². The second-order valence-electron chi connectivity index (χ2n) is 5.53. The smallest absolute Gasteiger partial charge is 0.242 e. The number of nitrogens with two attached hydrogens (primary N) is 1. The normalized spacial score (nSPS) is 16.6. The van der Waals surface area contributed by atoms with Crippen LogP contribution >= 0.6 is 12.4 Å². The molecule has 1 fully saturated rings. The quantitative estimate of drug-likeness (QED) is 0.805. The molecule has 2 rings (SSSR count). The van der Waals surface area contributed by atoms with Gasteiger partial charge in [-0.25, -0.2) is 0 Å². The second kappa shape index (κ2) is 9.10. The highest BCUT2D eigenvalue weighted by molar-refractivity contribution is 5.86. The average Bonchev–Trinajstić information content (AvgIpc) is 2.52. The number of carbonyl (C=O) groups excluding carboxylic acids is 1. The summed E-state index contributed by atoms with van der Waals surface area (Å²) < 4.78 is 10.9. The minimum Gasteiger partial charge on any atom is -0.381 e. The maximum atomic E-state index is 12.4. The van der Waals surface area contributed by atoms with E-state index in [1.165, 1.54) is 0 Å². The fraction of sp³-hybridized carbons (Fsp3) is 0.562. The molecule has 1 saturated heterocycles. The van der Waals surface area contributed by atoms with Crippen LogP contribution < -0.4 is 5.73 Å². The van der Waals surface area contributed by atoms with E-state index in [1.54, 1.807) is 11.9 Å². The number of hydrogen-bond donors (Lipinski definition) is 1. The third-order valence-electron chi connectivity index (χ3n) is 3.84. The van der Waals surface area contributed by atoms with Crippen LogP contribution in [0.4, 0.5) is 0 Å². The lowest BCUT2D eigenvalue weighted by Crippen LogP contribution is -2.57. The van der Waals surface area contributed by atoms with Crippen molar-refractivity contribution in [3.63, 3.8) is 0 Å². The van der Waals surface area contributed by atoms with Crippen LogP contribution in [0.1, 0.15) is 18.4 Å². The molecule has 0 bridgehead atoms. The molecule has 0 saturated carbocycles. The number of ether oxygens (including phenoxy) is 2. The highest BCUT2D eigenvalue weighted by Crippen LogP contribution is 2.19. The van der Waals surface area contributed by atoms with Gasteiger partial charge in [0.25, 0.3) is 0 Å². The Morgan fingerprint density at radius 3 is 2.59 bits per heavy atom. The van der Waals surface area contributed by atoms with Gasteiger partial charge in [0.15, 0.2) is 0 Å². The van der Waals surface area contributed by atoms with Gasteiger partial charge in [-0.05, 0) is 18.4 Å². The first-order chi connectivity index (χ1) is 10.1. The van der Waals surface area contributed by atoms with Crippen molar-refractivity contribution in [2.24, 2.45) is 5.73 Å². The molecule has 1 aromatic rings. The number of amides is 1. The van der Waals surface area contributed by atoms with Crippen LogP contribution in [-0.2, 0) is 20.9 Å². The first-order valence-corrected chi connectivity index (χ1v) is 7.36. The van der Waals surface area contributed by atoms with Crippen molar-refractivity contribution in [3.8, 4) is 0 Å². The summed E-state index contributed by atoms with van der Waals surface area (Å²) in [5, 5.41) is 0. The maximum Gasteiger partial charge on any atom is 0.242 e. The number of nitrogens with zero attached hydrogens (tertiary/aromatic N) is 1. The van der Waals surface area contributed by atoms with Crippen LogP contribution in [0.3, 0.4) is 0 Å². The van der Waals surface area contributed by atoms with Crippen LogP contribution in [0.2, 0.25) is 0 Å². The van der Waals surface area contributed by atoms with Crippen molar-refractivity contribution in [3.05, 3.63) is 35.9 Å². The van der Waals surface area contributed by atoms with Gasteiger partial charge >= 0.3 is 0 Å². The fourth-order valence-corrected chi connectivity index (χ4v) is 2.40. The van der Waals surface area contributed by atoms with E-state index in [1.807, 2.05) is 30.3 Å². The lowest BCUT2D eigenvalue weighted by Gasteiger charge is -2.35. The number of benzene rings is 1. The van der Waals surface area contributed by atoms with E-state index in [2.05, 4.69) is 0 Å². The van der Waals surface area contributed by atoms with Gasteiger partial charge in [-0.15, -0.1) is 12.4 Å². The molecule has 6 heteroatoms. The summed E-state index contributed by atoms with van der Waals surface area (Å²) in [5.74, 6) is -0.0193. The van der Waals surface area contributed by atoms with Gasteiger partial charge in [0.1, 0.15) is 0 Å². The predicted molar refractivity (Wildman–Crippen MR) is 88.0 cm³/mol. The maximum absolute atomic E-state index is 12.4. The second-order valence-corrected chi connectivity index (χ2v) is 5.53. The lowest BCUT2D eigenvalue weighted by molar-refractivity contribution is -0.139. The zero-order valence-corrected chi connectivity index (χ0v) is 13.8. The molecule has 5 nitrogen and oxygen atoms in total. The molecule has 0 unspecified atom stereocenters. The van der Waals surface area contributed by atoms with Crippen molar-refractivity contribution in [1.82, 2.24) is 4.90 Å². The van der Waals surface area contributed by atoms with E-state index in [-0.39, 0.29) is 18.3 Å². The molecule has 1 aliphatic rings. The summed E-state index contributed by atoms with van der Waals surface area (Å²) in [7, 11) is 1.78. The van der Waals surface area contributed by atoms with Gasteiger partial charge in [-0.1, -0.05) is 30.3 Å². The first-order valence-electron chi connectivity index (χ1n) is 7.36. The Labute approximate surface area is 138 Å². The van der Waals surface area contributed by atoms with Gasteiger partial charge in [0, 0.05) is 26.8 Å². The van der Waals surface area contributed by atoms with Gasteiger partial charge in [-0.3, -0.25) is 4.79 Å². The molecule has 0 spiro atoms. The highest BCUT2D eigenvalue weighted by Gasteiger charge is 2.37. The molecule has 1 aromatic carbocycles. The van der Waals surface area contributed by atoms with Crippen molar-refractivity contribution in [1.29, 1.82) is 0 Å². The summed E-state index contributed by atoms with van der Waals surface area (Å²) in [5.41, 5.74) is 6.55. The van der Waals surface area contributed by atoms with E-state index < -0.39 is 5.54 Å². The Morgan fingerprint density at radius 2 is 1.95 bits per heavy atom. The Balaban J connectivity index is 0.00000242. The summed E-state index contributed by atoms with van der Waals surface area (Å²) >= 11 is 0. The Hall–Kier alpha value is -1.14. The van der Waals surface area contributed by atoms with E-state index in [4.69, 9.17) is 15.2 Å². The molecule has 0 radical (unpaired) electrons. The zero-order chi connectivity index (χ0) is 15.1. The topological polar surface area (TPSA) is 64.8 Å². The Bertz CT molecular complexity index is 450. The molecule has 0 aliphatic carbocycles. The predicted octanol–water partition coefficient (Wildman–Crippen LogP) is 1.59. The van der Waals surface area contributed by atoms with E-state index in [0.29, 0.717) is 45.8 Å². The number of hydrogen-bond acceptors (Lipinski definition) is 4. The SMILES string of the molecule is CN(CCOCc1ccccc1)C(=O)C1(N)CCOCC1.Cl. The van der Waals surface area contributed by atoms with Crippen LogP contribution in [0, 0.1) is 0 Å². The minimum atomic E-state index is -0.771. The summed E-state index contributed by atoms with van der Waals surface area (Å²) in [4.78, 5) is 14.0. The van der Waals surface area contributed by atoms with Gasteiger partial charge in [0.05, 0.1) is 18.8 Å². The van der Waals surface area contributed by atoms with E-state index in [0.717, 1.165) is 5.56 Å². The molecule has 22 heavy (non-hydrogen) atoms. The lowest BCUT2D eigenvalue weighted by atomic mass is 9.90. The monoisotopic (exact) mass is 328 g/mol. The fourth-order valence-electron chi connectivity index (χ4n) is 2.40. The molecule has 0 atom stereocenters. The summed E-state index contributed by atoms with van der Waals surface area (Å²) in [6, 6.07) is 9.98. The largest absolute Gasteiger partial charge is 0.381 e. The van der Waals surface area contributed by atoms with Crippen molar-refractivity contribution in [2.45, 2.75) is 25.0 Å². The molecular formula is C16H25ClN2O3. The van der Waals surface area contributed by atoms with Crippen LogP contribution in [0.15, 0.2) is 30.3 Å². The Kier molecular flexibility index (Phi) is 7.82. The van der Waals surface area contributed by atoms with Crippen LogP contribution in [-0.4, -0.2) is 49.8 Å². The van der Waals surface area contributed by atoms with E-state index >= 15 is 0 Å². The molecule has 0 aromatic heterocycles. The van der Waals surface area contributed by atoms with Crippen LogP contribution in [0.25, 0.3) is 0 Å². The average molecular weight is 329 g/mol. The van der Waals surface area contributed by atoms with E-state index in [9.17, 15) is 4.79 Å². The molecule has 2 N–H and O–H groups in total. The number of carbonyl (C=O) groups is 1. The highest BCUT2D eigenvalue weighted by atomic mass is 35.5. The molecule has 124 valence electrons. The molecule has 1 amide bonds. The molecule has 1 aliphatic heterocycles. The zero-order valence-electron chi connectivity index (χ0n) is 13.0. The standard InChI is InChI=1S/C16H24N2O3.ClH/c1-18(15(19)16(17)7-10-20-11-8-16)9-12-21-13-14-5-3-2-4-6-14;/h2-6H,7-13,17H2,1H3;1H. The van der Waals surface area contributed by atoms with Gasteiger partial charge in [0.2, 0.25) is 5.91 Å². The third kappa shape index (κ3) is 5.25. The van der Waals surface area contributed by atoms with Gasteiger partial charge < -0.3 is 20.1 Å². The third-order valence-corrected chi connectivity index (χ3v) is 3.84. The van der Waals surface area contributed by atoms with Crippen molar-refractivity contribution >= 4 is 18.3 Å². The minimum absolute atomic E-state index is 0. The first kappa shape index (κ1) is 18.9. The number of halogens is 1. The summed E-state index contributed by atoms with van der Waals surface area (Å²) in [6.07, 6.45) is 1.17. The van der Waals surface area contributed by atoms with Crippen molar-refractivity contribution < 1.29 is 14.3 Å². The van der Waals surface area contributed by atoms with Gasteiger partial charge in [-0.2, -0.15) is 0 Å². The number of likely N-dealkylation sites (N-methyl/N-ethyl adjacent to an activating group) is 1. The molecule has 1 heterocycles. The summed E-state index contributed by atoms with van der Waals surface area (Å²) in [6.45, 7) is 2.72. The Morgan fingerprint density at radius 1 is 1.32 bits per heavy atom.